The third-order valence-corrected chi connectivity index (χ3v) is 4.16. The lowest BCUT2D eigenvalue weighted by Crippen LogP contribution is -2.11. The number of nitro benzene ring substituents is 1. The van der Waals surface area contributed by atoms with Gasteiger partial charge in [0, 0.05) is 0 Å². The van der Waals surface area contributed by atoms with Crippen LogP contribution in [0.3, 0.4) is 0 Å². The number of benzene rings is 2. The lowest BCUT2D eigenvalue weighted by atomic mass is 9.87. The normalized spacial score (nSPS) is 11.5. The Bertz CT molecular complexity index is 940. The van der Waals surface area contributed by atoms with Crippen LogP contribution in [-0.4, -0.2) is 25.0 Å². The van der Waals surface area contributed by atoms with Gasteiger partial charge in [-0.25, -0.2) is 4.68 Å². The average Bonchev–Trinajstić information content (AvgIpc) is 3.02. The zero-order valence-electron chi connectivity index (χ0n) is 14.9. The predicted octanol–water partition coefficient (Wildman–Crippen LogP) is 3.90. The highest BCUT2D eigenvalue weighted by Crippen LogP contribution is 2.31. The average molecular weight is 352 g/mol. The van der Waals surface area contributed by atoms with E-state index in [0.717, 1.165) is 11.6 Å². The fraction of sp³-hybridized carbons (Fsp3) is 0.263. The largest absolute Gasteiger partial charge is 0.508 e. The van der Waals surface area contributed by atoms with Gasteiger partial charge in [-0.1, -0.05) is 50.3 Å². The van der Waals surface area contributed by atoms with Gasteiger partial charge in [0.25, 0.3) is 5.69 Å². The maximum Gasteiger partial charge on any atom is 0.282 e. The molecule has 1 heterocycles. The summed E-state index contributed by atoms with van der Waals surface area (Å²) in [5, 5.41) is 28.8. The fourth-order valence-electron chi connectivity index (χ4n) is 2.68. The maximum absolute atomic E-state index is 11.2. The quantitative estimate of drug-likeness (QED) is 0.567. The SMILES string of the molecule is CC(C)(C)c1ccc(Cn2cc(-c3ccc(O)cc3[N+](=O)[O-])nn2)cc1. The highest BCUT2D eigenvalue weighted by atomic mass is 16.6. The summed E-state index contributed by atoms with van der Waals surface area (Å²) in [5.41, 5.74) is 2.92. The van der Waals surface area contributed by atoms with Gasteiger partial charge in [0.2, 0.25) is 0 Å². The van der Waals surface area contributed by atoms with Crippen LogP contribution in [0.25, 0.3) is 11.3 Å². The Hall–Kier alpha value is -3.22. The minimum absolute atomic E-state index is 0.0940. The molecule has 0 radical (unpaired) electrons. The summed E-state index contributed by atoms with van der Waals surface area (Å²) in [5.74, 6) is -0.160. The molecule has 7 nitrogen and oxygen atoms in total. The van der Waals surface area contributed by atoms with Crippen molar-refractivity contribution in [3.63, 3.8) is 0 Å². The van der Waals surface area contributed by atoms with Crippen molar-refractivity contribution in [1.29, 1.82) is 0 Å². The lowest BCUT2D eigenvalue weighted by molar-refractivity contribution is -0.384. The topological polar surface area (TPSA) is 94.1 Å². The van der Waals surface area contributed by atoms with Crippen LogP contribution in [0.5, 0.6) is 5.75 Å². The molecule has 0 saturated carbocycles. The van der Waals surface area contributed by atoms with Gasteiger partial charge in [-0.3, -0.25) is 10.1 Å². The first kappa shape index (κ1) is 17.6. The molecular weight excluding hydrogens is 332 g/mol. The molecule has 26 heavy (non-hydrogen) atoms. The summed E-state index contributed by atoms with van der Waals surface area (Å²) in [6.45, 7) is 7.01. The molecule has 2 aromatic carbocycles. The van der Waals surface area contributed by atoms with Gasteiger partial charge in [-0.2, -0.15) is 0 Å². The molecule has 0 atom stereocenters. The van der Waals surface area contributed by atoms with Gasteiger partial charge in [-0.05, 0) is 28.7 Å². The molecule has 0 spiro atoms. The Morgan fingerprint density at radius 2 is 1.85 bits per heavy atom. The molecule has 134 valence electrons. The highest BCUT2D eigenvalue weighted by molar-refractivity contribution is 5.71. The molecular formula is C19H20N4O3. The molecule has 0 fully saturated rings. The zero-order chi connectivity index (χ0) is 18.9. The first-order chi connectivity index (χ1) is 12.2. The number of aromatic nitrogens is 3. The molecule has 0 unspecified atom stereocenters. The molecule has 1 aromatic heterocycles. The lowest BCUT2D eigenvalue weighted by Gasteiger charge is -2.19. The third-order valence-electron chi connectivity index (χ3n) is 4.16. The molecule has 0 saturated heterocycles. The van der Waals surface area contributed by atoms with E-state index in [9.17, 15) is 15.2 Å². The number of phenolic OH excluding ortho intramolecular Hbond substituents is 1. The van der Waals surface area contributed by atoms with Crippen LogP contribution >= 0.6 is 0 Å². The van der Waals surface area contributed by atoms with Crippen LogP contribution in [0.4, 0.5) is 5.69 Å². The molecule has 3 aromatic rings. The second-order valence-corrected chi connectivity index (χ2v) is 7.21. The van der Waals surface area contributed by atoms with Crippen molar-refractivity contribution in [1.82, 2.24) is 15.0 Å². The molecule has 7 heteroatoms. The second kappa shape index (κ2) is 6.59. The van der Waals surface area contributed by atoms with Gasteiger partial charge < -0.3 is 5.11 Å². The number of aromatic hydroxyl groups is 1. The van der Waals surface area contributed by atoms with Crippen molar-refractivity contribution in [2.75, 3.05) is 0 Å². The van der Waals surface area contributed by atoms with E-state index in [2.05, 4.69) is 43.2 Å². The van der Waals surface area contributed by atoms with Crippen molar-refractivity contribution in [3.05, 3.63) is 69.9 Å². The summed E-state index contributed by atoms with van der Waals surface area (Å²) in [7, 11) is 0. The van der Waals surface area contributed by atoms with E-state index in [4.69, 9.17) is 0 Å². The minimum atomic E-state index is -0.542. The van der Waals surface area contributed by atoms with Crippen LogP contribution < -0.4 is 0 Å². The summed E-state index contributed by atoms with van der Waals surface area (Å²) in [4.78, 5) is 10.7. The summed E-state index contributed by atoms with van der Waals surface area (Å²) >= 11 is 0. The van der Waals surface area contributed by atoms with Crippen LogP contribution in [-0.2, 0) is 12.0 Å². The van der Waals surface area contributed by atoms with E-state index in [1.165, 1.54) is 17.7 Å². The molecule has 0 aliphatic heterocycles. The van der Waals surface area contributed by atoms with Gasteiger partial charge >= 0.3 is 0 Å². The highest BCUT2D eigenvalue weighted by Gasteiger charge is 2.19. The standard InChI is InChI=1S/C19H20N4O3/c1-19(2,3)14-6-4-13(5-7-14)11-22-12-17(20-21-22)16-9-8-15(24)10-18(16)23(25)26/h4-10,12,24H,11H2,1-3H3. The van der Waals surface area contributed by atoms with Crippen LogP contribution in [0.1, 0.15) is 31.9 Å². The Kier molecular flexibility index (Phi) is 4.46. The predicted molar refractivity (Wildman–Crippen MR) is 98.0 cm³/mol. The summed E-state index contributed by atoms with van der Waals surface area (Å²) in [6.07, 6.45) is 1.66. The first-order valence-corrected chi connectivity index (χ1v) is 8.21. The Balaban J connectivity index is 1.84. The van der Waals surface area contributed by atoms with Crippen LogP contribution in [0, 0.1) is 10.1 Å². The van der Waals surface area contributed by atoms with Gasteiger partial charge in [-0.15, -0.1) is 5.10 Å². The second-order valence-electron chi connectivity index (χ2n) is 7.21. The number of hydrogen-bond acceptors (Lipinski definition) is 5. The molecule has 3 rings (SSSR count). The minimum Gasteiger partial charge on any atom is -0.508 e. The first-order valence-electron chi connectivity index (χ1n) is 8.21. The number of phenols is 1. The molecule has 1 N–H and O–H groups in total. The van der Waals surface area contributed by atoms with E-state index in [-0.39, 0.29) is 16.9 Å². The summed E-state index contributed by atoms with van der Waals surface area (Å²) < 4.78 is 1.64. The van der Waals surface area contributed by atoms with E-state index < -0.39 is 4.92 Å². The van der Waals surface area contributed by atoms with Gasteiger partial charge in [0.1, 0.15) is 11.4 Å². The van der Waals surface area contributed by atoms with E-state index in [1.54, 1.807) is 10.9 Å². The number of nitrogens with zero attached hydrogens (tertiary/aromatic N) is 4. The Morgan fingerprint density at radius 1 is 1.15 bits per heavy atom. The maximum atomic E-state index is 11.2. The van der Waals surface area contributed by atoms with Crippen molar-refractivity contribution < 1.29 is 10.0 Å². The molecule has 0 amide bonds. The van der Waals surface area contributed by atoms with Gasteiger partial charge in [0.15, 0.2) is 0 Å². The third kappa shape index (κ3) is 3.72. The van der Waals surface area contributed by atoms with E-state index in [0.29, 0.717) is 17.8 Å². The van der Waals surface area contributed by atoms with Crippen LogP contribution in [0.2, 0.25) is 0 Å². The number of nitro groups is 1. The van der Waals surface area contributed by atoms with E-state index in [1.807, 2.05) is 12.1 Å². The number of hydrogen-bond donors (Lipinski definition) is 1. The van der Waals surface area contributed by atoms with Gasteiger partial charge in [0.05, 0.1) is 29.3 Å². The fourth-order valence-corrected chi connectivity index (χ4v) is 2.68. The number of rotatable bonds is 4. The van der Waals surface area contributed by atoms with Crippen molar-refractivity contribution in [2.45, 2.75) is 32.7 Å². The zero-order valence-corrected chi connectivity index (χ0v) is 14.9. The Morgan fingerprint density at radius 3 is 2.46 bits per heavy atom. The smallest absolute Gasteiger partial charge is 0.282 e. The summed E-state index contributed by atoms with van der Waals surface area (Å²) in [6, 6.07) is 12.3. The van der Waals surface area contributed by atoms with Crippen molar-refractivity contribution in [2.24, 2.45) is 0 Å². The molecule has 0 bridgehead atoms. The van der Waals surface area contributed by atoms with Crippen LogP contribution in [0.15, 0.2) is 48.7 Å². The van der Waals surface area contributed by atoms with E-state index >= 15 is 0 Å². The Labute approximate surface area is 151 Å². The molecule has 0 aliphatic carbocycles. The molecule has 0 aliphatic rings. The van der Waals surface area contributed by atoms with Crippen molar-refractivity contribution >= 4 is 5.69 Å². The monoisotopic (exact) mass is 352 g/mol. The van der Waals surface area contributed by atoms with Crippen molar-refractivity contribution in [3.8, 4) is 17.0 Å².